The summed E-state index contributed by atoms with van der Waals surface area (Å²) in [7, 11) is 0. The molecule has 19 heavy (non-hydrogen) atoms. The van der Waals surface area contributed by atoms with Gasteiger partial charge >= 0.3 is 0 Å². The number of anilines is 1. The number of aromatic amines is 1. The maximum atomic E-state index is 12.3. The predicted octanol–water partition coefficient (Wildman–Crippen LogP) is 2.87. The van der Waals surface area contributed by atoms with Gasteiger partial charge in [0.25, 0.3) is 5.91 Å². The highest BCUT2D eigenvalue weighted by atomic mass is 32.1. The fourth-order valence-electron chi connectivity index (χ4n) is 2.14. The molecule has 0 saturated heterocycles. The number of nitrogens with one attached hydrogen (secondary N) is 2. The number of rotatable bonds is 4. The molecule has 0 aliphatic heterocycles. The Labute approximate surface area is 115 Å². The van der Waals surface area contributed by atoms with Crippen molar-refractivity contribution >= 4 is 23.1 Å². The van der Waals surface area contributed by atoms with E-state index in [2.05, 4.69) is 27.4 Å². The molecule has 0 radical (unpaired) electrons. The van der Waals surface area contributed by atoms with Gasteiger partial charge in [-0.1, -0.05) is 6.92 Å². The lowest BCUT2D eigenvalue weighted by atomic mass is 10.2. The molecule has 1 aliphatic rings. The minimum atomic E-state index is -0.0957. The van der Waals surface area contributed by atoms with E-state index >= 15 is 0 Å². The summed E-state index contributed by atoms with van der Waals surface area (Å²) in [6.07, 6.45) is 3.17. The summed E-state index contributed by atoms with van der Waals surface area (Å²) in [6, 6.07) is 0. The topological polar surface area (TPSA) is 70.7 Å². The normalized spacial score (nSPS) is 14.6. The zero-order valence-corrected chi connectivity index (χ0v) is 11.8. The van der Waals surface area contributed by atoms with E-state index in [9.17, 15) is 4.79 Å². The predicted molar refractivity (Wildman–Crippen MR) is 74.7 cm³/mol. The van der Waals surface area contributed by atoms with Crippen molar-refractivity contribution in [2.24, 2.45) is 0 Å². The Morgan fingerprint density at radius 2 is 2.37 bits per heavy atom. The van der Waals surface area contributed by atoms with Gasteiger partial charge in [0.15, 0.2) is 5.82 Å². The van der Waals surface area contributed by atoms with Gasteiger partial charge < -0.3 is 5.32 Å². The Balaban J connectivity index is 1.80. The summed E-state index contributed by atoms with van der Waals surface area (Å²) in [5.41, 5.74) is 4.76. The van der Waals surface area contributed by atoms with Crippen LogP contribution < -0.4 is 5.32 Å². The fourth-order valence-corrected chi connectivity index (χ4v) is 2.91. The third-order valence-corrected chi connectivity index (χ3v) is 4.30. The Kier molecular flexibility index (Phi) is 3.10. The fraction of sp³-hybridized carbons (Fsp3) is 0.462. The van der Waals surface area contributed by atoms with Crippen LogP contribution in [0.15, 0.2) is 5.51 Å². The van der Waals surface area contributed by atoms with E-state index in [4.69, 9.17) is 0 Å². The molecule has 3 rings (SSSR count). The largest absolute Gasteiger partial charge is 0.304 e. The van der Waals surface area contributed by atoms with Crippen LogP contribution in [0.25, 0.3) is 0 Å². The third kappa shape index (κ3) is 2.28. The molecular formula is C13H16N4OS. The van der Waals surface area contributed by atoms with Gasteiger partial charge in [-0.05, 0) is 26.2 Å². The number of aromatic nitrogens is 3. The summed E-state index contributed by atoms with van der Waals surface area (Å²) in [5, 5.41) is 9.98. The molecule has 100 valence electrons. The first-order valence-electron chi connectivity index (χ1n) is 6.49. The minimum absolute atomic E-state index is 0.0957. The monoisotopic (exact) mass is 276 g/mol. The molecular weight excluding hydrogens is 260 g/mol. The summed E-state index contributed by atoms with van der Waals surface area (Å²) >= 11 is 1.40. The lowest BCUT2D eigenvalue weighted by Crippen LogP contribution is -2.13. The molecule has 1 saturated carbocycles. The molecule has 2 heterocycles. The van der Waals surface area contributed by atoms with Crippen LogP contribution >= 0.6 is 11.3 Å². The molecule has 5 nitrogen and oxygen atoms in total. The van der Waals surface area contributed by atoms with Gasteiger partial charge in [-0.2, -0.15) is 5.10 Å². The molecule has 0 spiro atoms. The van der Waals surface area contributed by atoms with Crippen molar-refractivity contribution in [1.82, 2.24) is 15.2 Å². The van der Waals surface area contributed by atoms with Gasteiger partial charge in [0.1, 0.15) is 4.88 Å². The Bertz CT molecular complexity index is 612. The standard InChI is InChI=1S/C13H16N4OS/c1-3-9-7(2)12(17-16-9)15-13(18)11-10(8-4-5-8)14-6-19-11/h6,8H,3-5H2,1-2H3,(H2,15,16,17,18). The van der Waals surface area contributed by atoms with Crippen LogP contribution in [0.4, 0.5) is 5.82 Å². The molecule has 0 atom stereocenters. The summed E-state index contributed by atoms with van der Waals surface area (Å²) in [4.78, 5) is 17.3. The van der Waals surface area contributed by atoms with Gasteiger partial charge in [-0.15, -0.1) is 11.3 Å². The van der Waals surface area contributed by atoms with Gasteiger partial charge in [0.05, 0.1) is 11.2 Å². The quantitative estimate of drug-likeness (QED) is 0.902. The van der Waals surface area contributed by atoms with Gasteiger partial charge in [-0.3, -0.25) is 9.89 Å². The minimum Gasteiger partial charge on any atom is -0.304 e. The first-order valence-corrected chi connectivity index (χ1v) is 7.37. The number of hydrogen-bond donors (Lipinski definition) is 2. The Morgan fingerprint density at radius 1 is 1.58 bits per heavy atom. The first-order chi connectivity index (χ1) is 9.20. The molecule has 6 heteroatoms. The van der Waals surface area contributed by atoms with E-state index in [-0.39, 0.29) is 5.91 Å². The zero-order valence-electron chi connectivity index (χ0n) is 11.0. The van der Waals surface area contributed by atoms with Crippen LogP contribution in [-0.4, -0.2) is 21.1 Å². The molecule has 2 aromatic rings. The number of nitrogens with zero attached hydrogens (tertiary/aromatic N) is 2. The maximum absolute atomic E-state index is 12.3. The lowest BCUT2D eigenvalue weighted by Gasteiger charge is -2.03. The van der Waals surface area contributed by atoms with Gasteiger partial charge in [-0.25, -0.2) is 4.98 Å². The highest BCUT2D eigenvalue weighted by molar-refractivity contribution is 7.12. The number of hydrogen-bond acceptors (Lipinski definition) is 4. The molecule has 1 aliphatic carbocycles. The number of amides is 1. The molecule has 0 aromatic carbocycles. The Hall–Kier alpha value is -1.69. The van der Waals surface area contributed by atoms with Crippen LogP contribution in [0.3, 0.4) is 0 Å². The summed E-state index contributed by atoms with van der Waals surface area (Å²) in [5.74, 6) is 1.01. The number of aryl methyl sites for hydroxylation is 1. The first kappa shape index (κ1) is 12.3. The number of carbonyl (C=O) groups is 1. The summed E-state index contributed by atoms with van der Waals surface area (Å²) < 4.78 is 0. The smallest absolute Gasteiger partial charge is 0.268 e. The number of carbonyl (C=O) groups excluding carboxylic acids is 1. The molecule has 2 N–H and O–H groups in total. The summed E-state index contributed by atoms with van der Waals surface area (Å²) in [6.45, 7) is 4.02. The molecule has 0 bridgehead atoms. The van der Waals surface area contributed by atoms with Crippen molar-refractivity contribution in [3.63, 3.8) is 0 Å². The van der Waals surface area contributed by atoms with E-state index in [1.54, 1.807) is 5.51 Å². The highest BCUT2D eigenvalue weighted by Crippen LogP contribution is 2.41. The molecule has 1 amide bonds. The van der Waals surface area contributed by atoms with Crippen molar-refractivity contribution in [2.45, 2.75) is 39.0 Å². The van der Waals surface area contributed by atoms with Gasteiger partial charge in [0.2, 0.25) is 0 Å². The molecule has 1 fully saturated rings. The highest BCUT2D eigenvalue weighted by Gasteiger charge is 2.30. The number of thiazole rings is 1. The van der Waals surface area contributed by atoms with Crippen LogP contribution in [0.5, 0.6) is 0 Å². The van der Waals surface area contributed by atoms with Crippen molar-refractivity contribution in [1.29, 1.82) is 0 Å². The van der Waals surface area contributed by atoms with E-state index in [0.717, 1.165) is 41.1 Å². The number of H-pyrrole nitrogens is 1. The average molecular weight is 276 g/mol. The average Bonchev–Trinajstić information content (AvgIpc) is 3.03. The van der Waals surface area contributed by atoms with Crippen LogP contribution in [0.1, 0.15) is 52.3 Å². The second-order valence-corrected chi connectivity index (χ2v) is 5.68. The molecule has 0 unspecified atom stereocenters. The second kappa shape index (κ2) is 4.77. The van der Waals surface area contributed by atoms with Gasteiger partial charge in [0, 0.05) is 17.2 Å². The van der Waals surface area contributed by atoms with Crippen molar-refractivity contribution < 1.29 is 4.79 Å². The van der Waals surface area contributed by atoms with Crippen LogP contribution in [-0.2, 0) is 6.42 Å². The van der Waals surface area contributed by atoms with Crippen LogP contribution in [0, 0.1) is 6.92 Å². The maximum Gasteiger partial charge on any atom is 0.268 e. The SMILES string of the molecule is CCc1[nH]nc(NC(=O)c2scnc2C2CC2)c1C. The Morgan fingerprint density at radius 3 is 3.00 bits per heavy atom. The van der Waals surface area contributed by atoms with Crippen molar-refractivity contribution in [3.05, 3.63) is 27.3 Å². The second-order valence-electron chi connectivity index (χ2n) is 4.82. The van der Waals surface area contributed by atoms with Crippen molar-refractivity contribution in [3.8, 4) is 0 Å². The van der Waals surface area contributed by atoms with E-state index in [1.807, 2.05) is 6.92 Å². The zero-order chi connectivity index (χ0) is 13.4. The van der Waals surface area contributed by atoms with Crippen LogP contribution in [0.2, 0.25) is 0 Å². The lowest BCUT2D eigenvalue weighted by molar-refractivity contribution is 0.102. The van der Waals surface area contributed by atoms with E-state index in [0.29, 0.717) is 11.7 Å². The van der Waals surface area contributed by atoms with E-state index in [1.165, 1.54) is 11.3 Å². The molecule has 2 aromatic heterocycles. The van der Waals surface area contributed by atoms with Crippen molar-refractivity contribution in [2.75, 3.05) is 5.32 Å². The van der Waals surface area contributed by atoms with E-state index < -0.39 is 0 Å². The third-order valence-electron chi connectivity index (χ3n) is 3.46.